The van der Waals surface area contributed by atoms with E-state index in [1.807, 2.05) is 61.5 Å². The van der Waals surface area contributed by atoms with E-state index in [-0.39, 0.29) is 17.6 Å². The van der Waals surface area contributed by atoms with E-state index < -0.39 is 0 Å². The fourth-order valence-corrected chi connectivity index (χ4v) is 4.82. The summed E-state index contributed by atoms with van der Waals surface area (Å²) in [6.45, 7) is 2.16. The summed E-state index contributed by atoms with van der Waals surface area (Å²) < 4.78 is 11.4. The number of hydrogen-bond donors (Lipinski definition) is 3. The number of H-pyrrole nitrogens is 1. The third-order valence-electron chi connectivity index (χ3n) is 6.61. The van der Waals surface area contributed by atoms with Gasteiger partial charge < -0.3 is 35.1 Å². The molecule has 182 valence electrons. The number of nitrogens with two attached hydrogens (primary N) is 1. The second kappa shape index (κ2) is 9.13. The number of anilines is 1. The molecule has 0 saturated carbocycles. The Morgan fingerprint density at radius 2 is 1.94 bits per heavy atom. The fourth-order valence-electron chi connectivity index (χ4n) is 4.82. The number of phenols is 1. The van der Waals surface area contributed by atoms with Gasteiger partial charge >= 0.3 is 0 Å². The fraction of sp³-hybridized carbons (Fsp3) is 0.296. The van der Waals surface area contributed by atoms with Gasteiger partial charge in [-0.2, -0.15) is 0 Å². The van der Waals surface area contributed by atoms with Crippen LogP contribution < -0.4 is 20.1 Å². The molecule has 0 bridgehead atoms. The van der Waals surface area contributed by atoms with Crippen molar-refractivity contribution in [2.45, 2.75) is 5.92 Å². The largest absolute Gasteiger partial charge is 0.507 e. The molecule has 0 radical (unpaired) electrons. The minimum Gasteiger partial charge on any atom is -0.507 e. The summed E-state index contributed by atoms with van der Waals surface area (Å²) in [5.74, 6) is 1.19. The topological polar surface area (TPSA) is 104 Å². The first-order valence-electron chi connectivity index (χ1n) is 11.7. The van der Waals surface area contributed by atoms with Crippen molar-refractivity contribution < 1.29 is 19.4 Å². The van der Waals surface area contributed by atoms with Gasteiger partial charge in [-0.3, -0.25) is 4.79 Å². The molecule has 35 heavy (non-hydrogen) atoms. The number of carbonyl (C=O) groups excluding carboxylic acids is 1. The number of hydrogen-bond acceptors (Lipinski definition) is 6. The maximum Gasteiger partial charge on any atom is 0.274 e. The van der Waals surface area contributed by atoms with Gasteiger partial charge in [-0.25, -0.2) is 0 Å². The molecule has 4 aromatic rings. The number of aromatic amines is 1. The number of aromatic hydroxyl groups is 1. The predicted octanol–water partition coefficient (Wildman–Crippen LogP) is 3.68. The van der Waals surface area contributed by atoms with Crippen LogP contribution in [0.25, 0.3) is 21.7 Å². The first-order chi connectivity index (χ1) is 16.9. The standard InChI is InChI=1S/C27H30N4O4/c1-30(2)8-9-35-25-11-16-10-21(29-20(16)12-24(25)34-3)27(33)31-15-17(14-28)26-19-7-5-4-6-18(19)23(32)13-22(26)31/h4-7,10-13,17,29,32H,8-9,14-15,28H2,1-3H3/t17-/m1/s1. The van der Waals surface area contributed by atoms with E-state index in [0.29, 0.717) is 42.6 Å². The average molecular weight is 475 g/mol. The van der Waals surface area contributed by atoms with Gasteiger partial charge in [0.2, 0.25) is 0 Å². The molecule has 0 saturated heterocycles. The van der Waals surface area contributed by atoms with Crippen LogP contribution in [-0.2, 0) is 0 Å². The zero-order chi connectivity index (χ0) is 24.7. The molecule has 0 aliphatic carbocycles. The summed E-state index contributed by atoms with van der Waals surface area (Å²) in [7, 11) is 5.57. The van der Waals surface area contributed by atoms with Crippen LogP contribution in [0.3, 0.4) is 0 Å². The molecule has 4 N–H and O–H groups in total. The van der Waals surface area contributed by atoms with E-state index in [1.54, 1.807) is 18.1 Å². The van der Waals surface area contributed by atoms with Gasteiger partial charge in [0.15, 0.2) is 11.5 Å². The Morgan fingerprint density at radius 1 is 1.17 bits per heavy atom. The molecular formula is C27H30N4O4. The summed E-state index contributed by atoms with van der Waals surface area (Å²) >= 11 is 0. The molecule has 0 fully saturated rings. The van der Waals surface area contributed by atoms with E-state index in [1.165, 1.54) is 0 Å². The van der Waals surface area contributed by atoms with Crippen LogP contribution in [0, 0.1) is 0 Å². The molecule has 8 nitrogen and oxygen atoms in total. The number of benzene rings is 3. The molecule has 1 aromatic heterocycles. The number of methoxy groups -OCH3 is 1. The van der Waals surface area contributed by atoms with Gasteiger partial charge in [0.1, 0.15) is 18.1 Å². The van der Waals surface area contributed by atoms with Crippen LogP contribution >= 0.6 is 0 Å². The second-order valence-electron chi connectivity index (χ2n) is 9.15. The summed E-state index contributed by atoms with van der Waals surface area (Å²) in [5.41, 5.74) is 9.04. The van der Waals surface area contributed by atoms with Crippen LogP contribution in [0.1, 0.15) is 22.0 Å². The van der Waals surface area contributed by atoms with Crippen molar-refractivity contribution in [3.05, 3.63) is 59.8 Å². The summed E-state index contributed by atoms with van der Waals surface area (Å²) in [6.07, 6.45) is 0. The van der Waals surface area contributed by atoms with Crippen LogP contribution in [0.2, 0.25) is 0 Å². The first kappa shape index (κ1) is 23.0. The van der Waals surface area contributed by atoms with Crippen molar-refractivity contribution in [3.63, 3.8) is 0 Å². The molecule has 1 aliphatic rings. The number of carbonyl (C=O) groups is 1. The lowest BCUT2D eigenvalue weighted by Crippen LogP contribution is -2.31. The number of nitrogens with zero attached hydrogens (tertiary/aromatic N) is 2. The number of amides is 1. The van der Waals surface area contributed by atoms with E-state index in [2.05, 4.69) is 4.98 Å². The number of phenolic OH excluding ortho intramolecular Hbond substituents is 1. The normalized spacial score (nSPS) is 15.2. The number of aromatic nitrogens is 1. The van der Waals surface area contributed by atoms with E-state index >= 15 is 0 Å². The van der Waals surface area contributed by atoms with Gasteiger partial charge in [0, 0.05) is 54.0 Å². The average Bonchev–Trinajstić information content (AvgIpc) is 3.44. The highest BCUT2D eigenvalue weighted by atomic mass is 16.5. The molecule has 2 heterocycles. The van der Waals surface area contributed by atoms with Gasteiger partial charge in [0.05, 0.1) is 12.8 Å². The van der Waals surface area contributed by atoms with E-state index in [4.69, 9.17) is 15.2 Å². The highest BCUT2D eigenvalue weighted by Crippen LogP contribution is 2.45. The third-order valence-corrected chi connectivity index (χ3v) is 6.61. The first-order valence-corrected chi connectivity index (χ1v) is 11.7. The SMILES string of the molecule is COc1cc2[nH]c(C(=O)N3C[C@@H](CN)c4c3cc(O)c3ccccc43)cc2cc1OCCN(C)C. The molecule has 3 aromatic carbocycles. The maximum atomic E-state index is 13.7. The molecule has 0 unspecified atom stereocenters. The highest BCUT2D eigenvalue weighted by molar-refractivity contribution is 6.11. The minimum absolute atomic E-state index is 0.0133. The van der Waals surface area contributed by atoms with E-state index in [9.17, 15) is 9.90 Å². The quantitative estimate of drug-likeness (QED) is 0.378. The van der Waals surface area contributed by atoms with Gasteiger partial charge in [-0.05, 0) is 37.2 Å². The van der Waals surface area contributed by atoms with Crippen molar-refractivity contribution in [2.24, 2.45) is 5.73 Å². The van der Waals surface area contributed by atoms with Crippen LogP contribution in [0.4, 0.5) is 5.69 Å². The Hall–Kier alpha value is -3.75. The monoisotopic (exact) mass is 474 g/mol. The summed E-state index contributed by atoms with van der Waals surface area (Å²) in [4.78, 5) is 20.7. The van der Waals surface area contributed by atoms with Crippen molar-refractivity contribution >= 4 is 33.3 Å². The molecule has 0 spiro atoms. The lowest BCUT2D eigenvalue weighted by atomic mass is 9.94. The van der Waals surface area contributed by atoms with Gasteiger partial charge in [-0.1, -0.05) is 24.3 Å². The Bertz CT molecular complexity index is 1410. The maximum absolute atomic E-state index is 13.7. The highest BCUT2D eigenvalue weighted by Gasteiger charge is 2.35. The zero-order valence-corrected chi connectivity index (χ0v) is 20.2. The Balaban J connectivity index is 1.51. The lowest BCUT2D eigenvalue weighted by molar-refractivity contribution is 0.0984. The number of likely N-dealkylation sites (N-methyl/N-ethyl adjacent to an activating group) is 1. The molecule has 8 heteroatoms. The van der Waals surface area contributed by atoms with Crippen LogP contribution in [-0.4, -0.2) is 68.3 Å². The van der Waals surface area contributed by atoms with Crippen molar-refractivity contribution in [3.8, 4) is 17.2 Å². The second-order valence-corrected chi connectivity index (χ2v) is 9.15. The Kier molecular flexibility index (Phi) is 6.00. The number of ether oxygens (including phenoxy) is 2. The molecule has 1 amide bonds. The minimum atomic E-state index is -0.179. The van der Waals surface area contributed by atoms with Gasteiger partial charge in [0.25, 0.3) is 5.91 Å². The third kappa shape index (κ3) is 4.05. The molecule has 1 aliphatic heterocycles. The van der Waals surface area contributed by atoms with Crippen molar-refractivity contribution in [1.29, 1.82) is 0 Å². The number of fused-ring (bicyclic) bond motifs is 4. The van der Waals surface area contributed by atoms with Gasteiger partial charge in [-0.15, -0.1) is 0 Å². The molecule has 5 rings (SSSR count). The molecular weight excluding hydrogens is 444 g/mol. The Labute approximate surface area is 203 Å². The zero-order valence-electron chi connectivity index (χ0n) is 20.2. The summed E-state index contributed by atoms with van der Waals surface area (Å²) in [5, 5.41) is 13.2. The smallest absolute Gasteiger partial charge is 0.274 e. The van der Waals surface area contributed by atoms with Crippen LogP contribution in [0.5, 0.6) is 17.2 Å². The van der Waals surface area contributed by atoms with Crippen molar-refractivity contribution in [1.82, 2.24) is 9.88 Å². The number of rotatable bonds is 7. The van der Waals surface area contributed by atoms with E-state index in [0.717, 1.165) is 33.8 Å². The van der Waals surface area contributed by atoms with Crippen molar-refractivity contribution in [2.75, 3.05) is 52.3 Å². The predicted molar refractivity (Wildman–Crippen MR) is 138 cm³/mol. The molecule has 1 atom stereocenters. The van der Waals surface area contributed by atoms with Crippen LogP contribution in [0.15, 0.2) is 48.5 Å². The Morgan fingerprint density at radius 3 is 2.66 bits per heavy atom. The number of nitrogens with one attached hydrogen (secondary N) is 1. The summed E-state index contributed by atoms with van der Waals surface area (Å²) in [6, 6.07) is 14.9. The lowest BCUT2D eigenvalue weighted by Gasteiger charge is -2.17.